The molecule has 1 aliphatic heterocycles. The van der Waals surface area contributed by atoms with Crippen LogP contribution >= 0.6 is 0 Å². The molecule has 1 aromatic rings. The minimum Gasteiger partial charge on any atom is -0.388 e. The van der Waals surface area contributed by atoms with E-state index >= 15 is 0 Å². The number of rotatable bonds is 3. The van der Waals surface area contributed by atoms with Gasteiger partial charge in [0.05, 0.1) is 16.9 Å². The van der Waals surface area contributed by atoms with E-state index in [9.17, 15) is 13.9 Å². The lowest BCUT2D eigenvalue weighted by Gasteiger charge is -2.36. The smallest absolute Gasteiger partial charge is 0.183 e. The highest BCUT2D eigenvalue weighted by Gasteiger charge is 2.32. The molecule has 4 nitrogen and oxygen atoms in total. The molecule has 0 atom stereocenters. The Kier molecular flexibility index (Phi) is 4.21. The van der Waals surface area contributed by atoms with Crippen molar-refractivity contribution in [3.63, 3.8) is 0 Å². The zero-order valence-electron chi connectivity index (χ0n) is 11.2. The first-order chi connectivity index (χ1) is 9.47. The standard InChI is InChI=1S/C14H16F2N2O2/c1-18(9-14(19)4-6-20-7-5-14)11-3-2-10(8-17)12(15)13(11)16/h2-3,19H,4-7,9H2,1H3. The molecule has 0 spiro atoms. The topological polar surface area (TPSA) is 56.5 Å². The maximum absolute atomic E-state index is 13.9. The van der Waals surface area contributed by atoms with Crippen LogP contribution in [0, 0.1) is 23.0 Å². The normalized spacial score (nSPS) is 17.6. The molecule has 0 radical (unpaired) electrons. The summed E-state index contributed by atoms with van der Waals surface area (Å²) in [5, 5.41) is 19.0. The van der Waals surface area contributed by atoms with Gasteiger partial charge in [-0.05, 0) is 12.1 Å². The summed E-state index contributed by atoms with van der Waals surface area (Å²) in [5.74, 6) is -2.22. The van der Waals surface area contributed by atoms with E-state index < -0.39 is 17.2 Å². The first-order valence-electron chi connectivity index (χ1n) is 6.36. The number of hydrogen-bond acceptors (Lipinski definition) is 4. The summed E-state index contributed by atoms with van der Waals surface area (Å²) >= 11 is 0. The number of hydrogen-bond donors (Lipinski definition) is 1. The zero-order chi connectivity index (χ0) is 14.8. The third-order valence-electron chi connectivity index (χ3n) is 3.55. The van der Waals surface area contributed by atoms with Crippen LogP contribution in [0.1, 0.15) is 18.4 Å². The molecule has 108 valence electrons. The number of nitriles is 1. The predicted octanol–water partition coefficient (Wildman–Crippen LogP) is 1.81. The van der Waals surface area contributed by atoms with Gasteiger partial charge in [-0.15, -0.1) is 0 Å². The Hall–Kier alpha value is -1.71. The summed E-state index contributed by atoms with van der Waals surface area (Å²) < 4.78 is 32.7. The average Bonchev–Trinajstić information content (AvgIpc) is 2.42. The third kappa shape index (κ3) is 2.89. The van der Waals surface area contributed by atoms with Crippen LogP contribution in [-0.2, 0) is 4.74 Å². The highest BCUT2D eigenvalue weighted by atomic mass is 19.2. The molecule has 1 heterocycles. The summed E-state index contributed by atoms with van der Waals surface area (Å²) in [6, 6.07) is 4.17. The van der Waals surface area contributed by atoms with Gasteiger partial charge in [-0.3, -0.25) is 0 Å². The Bertz CT molecular complexity index is 537. The van der Waals surface area contributed by atoms with E-state index in [4.69, 9.17) is 10.00 Å². The fourth-order valence-corrected chi connectivity index (χ4v) is 2.36. The summed E-state index contributed by atoms with van der Waals surface area (Å²) in [6.45, 7) is 1.09. The van der Waals surface area contributed by atoms with Crippen LogP contribution in [0.3, 0.4) is 0 Å². The molecule has 0 aliphatic carbocycles. The van der Waals surface area contributed by atoms with Crippen molar-refractivity contribution in [2.45, 2.75) is 18.4 Å². The lowest BCUT2D eigenvalue weighted by atomic mass is 9.93. The summed E-state index contributed by atoms with van der Waals surface area (Å²) in [6.07, 6.45) is 0.912. The lowest BCUT2D eigenvalue weighted by Crippen LogP contribution is -2.46. The van der Waals surface area contributed by atoms with Crippen LogP contribution < -0.4 is 4.90 Å². The Morgan fingerprint density at radius 3 is 2.60 bits per heavy atom. The molecule has 0 unspecified atom stereocenters. The summed E-state index contributed by atoms with van der Waals surface area (Å²) in [5.41, 5.74) is -1.27. The largest absolute Gasteiger partial charge is 0.388 e. The van der Waals surface area contributed by atoms with Crippen molar-refractivity contribution in [2.75, 3.05) is 31.7 Å². The Labute approximate surface area is 116 Å². The van der Waals surface area contributed by atoms with Gasteiger partial charge < -0.3 is 14.7 Å². The van der Waals surface area contributed by atoms with E-state index in [-0.39, 0.29) is 17.8 Å². The first-order valence-corrected chi connectivity index (χ1v) is 6.36. The van der Waals surface area contributed by atoms with Crippen LogP contribution in [0.15, 0.2) is 12.1 Å². The minimum absolute atomic E-state index is 0.0291. The number of aliphatic hydroxyl groups is 1. The van der Waals surface area contributed by atoms with Crippen molar-refractivity contribution in [1.82, 2.24) is 0 Å². The van der Waals surface area contributed by atoms with Crippen molar-refractivity contribution in [3.8, 4) is 6.07 Å². The molecule has 1 fully saturated rings. The van der Waals surface area contributed by atoms with Gasteiger partial charge >= 0.3 is 0 Å². The maximum Gasteiger partial charge on any atom is 0.183 e. The van der Waals surface area contributed by atoms with Crippen molar-refractivity contribution in [1.29, 1.82) is 5.26 Å². The van der Waals surface area contributed by atoms with Crippen LogP contribution in [0.4, 0.5) is 14.5 Å². The molecule has 1 saturated heterocycles. The van der Waals surface area contributed by atoms with Crippen molar-refractivity contribution >= 4 is 5.69 Å². The average molecular weight is 282 g/mol. The predicted molar refractivity (Wildman–Crippen MR) is 69.3 cm³/mol. The SMILES string of the molecule is CN(CC1(O)CCOCC1)c1ccc(C#N)c(F)c1F. The van der Waals surface area contributed by atoms with E-state index in [0.717, 1.165) is 0 Å². The van der Waals surface area contributed by atoms with Gasteiger partial charge in [-0.25, -0.2) is 8.78 Å². The number of halogens is 2. The van der Waals surface area contributed by atoms with Gasteiger partial charge in [0.1, 0.15) is 6.07 Å². The third-order valence-corrected chi connectivity index (χ3v) is 3.55. The number of likely N-dealkylation sites (N-methyl/N-ethyl adjacent to an activating group) is 1. The van der Waals surface area contributed by atoms with E-state index in [1.165, 1.54) is 17.0 Å². The van der Waals surface area contributed by atoms with E-state index in [0.29, 0.717) is 26.1 Å². The van der Waals surface area contributed by atoms with Gasteiger partial charge in [0.2, 0.25) is 0 Å². The van der Waals surface area contributed by atoms with Crippen LogP contribution in [-0.4, -0.2) is 37.5 Å². The van der Waals surface area contributed by atoms with Gasteiger partial charge in [-0.1, -0.05) is 0 Å². The van der Waals surface area contributed by atoms with Crippen molar-refractivity contribution in [3.05, 3.63) is 29.3 Å². The molecule has 1 aromatic carbocycles. The molecule has 0 amide bonds. The highest BCUT2D eigenvalue weighted by Crippen LogP contribution is 2.27. The molecule has 0 saturated carbocycles. The van der Waals surface area contributed by atoms with E-state index in [1.54, 1.807) is 13.1 Å². The molecule has 6 heteroatoms. The van der Waals surface area contributed by atoms with Gasteiger partial charge in [-0.2, -0.15) is 5.26 Å². The second-order valence-electron chi connectivity index (χ2n) is 5.06. The quantitative estimate of drug-likeness (QED) is 0.918. The van der Waals surface area contributed by atoms with Crippen LogP contribution in [0.2, 0.25) is 0 Å². The minimum atomic E-state index is -1.16. The molecular formula is C14H16F2N2O2. The van der Waals surface area contributed by atoms with Crippen LogP contribution in [0.5, 0.6) is 0 Å². The molecule has 20 heavy (non-hydrogen) atoms. The van der Waals surface area contributed by atoms with E-state index in [2.05, 4.69) is 0 Å². The molecule has 2 rings (SSSR count). The van der Waals surface area contributed by atoms with Gasteiger partial charge in [0.25, 0.3) is 0 Å². The maximum atomic E-state index is 13.9. The summed E-state index contributed by atoms with van der Waals surface area (Å²) in [4.78, 5) is 1.46. The fraction of sp³-hybridized carbons (Fsp3) is 0.500. The fourth-order valence-electron chi connectivity index (χ4n) is 2.36. The zero-order valence-corrected chi connectivity index (χ0v) is 11.2. The van der Waals surface area contributed by atoms with Crippen molar-refractivity contribution in [2.24, 2.45) is 0 Å². The summed E-state index contributed by atoms with van der Waals surface area (Å²) in [7, 11) is 1.58. The second-order valence-corrected chi connectivity index (χ2v) is 5.06. The number of anilines is 1. The van der Waals surface area contributed by atoms with Gasteiger partial charge in [0, 0.05) is 39.6 Å². The van der Waals surface area contributed by atoms with Crippen LogP contribution in [0.25, 0.3) is 0 Å². The molecular weight excluding hydrogens is 266 g/mol. The lowest BCUT2D eigenvalue weighted by molar-refractivity contribution is -0.0573. The molecule has 0 bridgehead atoms. The first kappa shape index (κ1) is 14.7. The Morgan fingerprint density at radius 2 is 2.00 bits per heavy atom. The molecule has 0 aromatic heterocycles. The van der Waals surface area contributed by atoms with E-state index in [1.807, 2.05) is 0 Å². The Balaban J connectivity index is 2.19. The van der Waals surface area contributed by atoms with Crippen molar-refractivity contribution < 1.29 is 18.6 Å². The number of nitrogens with zero attached hydrogens (tertiary/aromatic N) is 2. The second kappa shape index (κ2) is 5.73. The monoisotopic (exact) mass is 282 g/mol. The molecule has 1 aliphatic rings. The number of ether oxygens (including phenoxy) is 1. The number of benzene rings is 1. The highest BCUT2D eigenvalue weighted by molar-refractivity contribution is 5.51. The molecule has 1 N–H and O–H groups in total. The van der Waals surface area contributed by atoms with Gasteiger partial charge in [0.15, 0.2) is 11.6 Å². The Morgan fingerprint density at radius 1 is 1.35 bits per heavy atom.